The first-order valence-electron chi connectivity index (χ1n) is 12.6. The fraction of sp³-hybridized carbons (Fsp3) is 0.538. The van der Waals surface area contributed by atoms with Crippen molar-refractivity contribution in [1.82, 2.24) is 4.72 Å². The molecule has 0 saturated heterocycles. The number of hydrogen-bond acceptors (Lipinski definition) is 6. The van der Waals surface area contributed by atoms with Gasteiger partial charge in [-0.05, 0) is 30.4 Å². The Balaban J connectivity index is 1.77. The quantitative estimate of drug-likeness (QED) is 0.174. The zero-order valence-corrected chi connectivity index (χ0v) is 22.8. The van der Waals surface area contributed by atoms with E-state index in [9.17, 15) is 17.9 Å². The molecule has 0 aromatic heterocycles. The Morgan fingerprint density at radius 3 is 2.22 bits per heavy atom. The van der Waals surface area contributed by atoms with Crippen molar-refractivity contribution in [3.63, 3.8) is 0 Å². The van der Waals surface area contributed by atoms with Crippen molar-refractivity contribution >= 4 is 17.8 Å². The van der Waals surface area contributed by atoms with Gasteiger partial charge in [-0.1, -0.05) is 93.3 Å². The molecule has 0 amide bonds. The molecule has 0 saturated carbocycles. The van der Waals surface area contributed by atoms with Gasteiger partial charge in [-0.15, -0.1) is 0 Å². The molecule has 2 aromatic rings. The summed E-state index contributed by atoms with van der Waals surface area (Å²) in [6.07, 6.45) is 5.49. The number of benzene rings is 2. The molecule has 0 radical (unpaired) electrons. The van der Waals surface area contributed by atoms with E-state index in [2.05, 4.69) is 11.6 Å². The zero-order chi connectivity index (χ0) is 26.1. The SMILES string of the molecule is CCCCCCC(COP(=O)(O)OCCOCc1ccccc1)NS(=O)(=O)CCCc1ccccc1. The lowest BCUT2D eigenvalue weighted by Crippen LogP contribution is -2.39. The van der Waals surface area contributed by atoms with E-state index in [4.69, 9.17) is 13.8 Å². The van der Waals surface area contributed by atoms with Crippen molar-refractivity contribution in [3.8, 4) is 0 Å². The molecule has 0 heterocycles. The maximum atomic E-state index is 12.7. The molecule has 2 aromatic carbocycles. The predicted octanol–water partition coefficient (Wildman–Crippen LogP) is 5.23. The van der Waals surface area contributed by atoms with Gasteiger partial charge in [0.2, 0.25) is 10.0 Å². The molecular formula is C26H40NO7PS. The number of ether oxygens (including phenoxy) is 1. The van der Waals surface area contributed by atoms with Crippen LogP contribution in [0.15, 0.2) is 60.7 Å². The van der Waals surface area contributed by atoms with E-state index in [1.165, 1.54) is 0 Å². The number of sulfonamides is 1. The van der Waals surface area contributed by atoms with Crippen LogP contribution in [0, 0.1) is 0 Å². The highest BCUT2D eigenvalue weighted by atomic mass is 32.2. The Morgan fingerprint density at radius 1 is 0.889 bits per heavy atom. The molecule has 2 N–H and O–H groups in total. The minimum absolute atomic E-state index is 0.0284. The van der Waals surface area contributed by atoms with E-state index in [0.717, 1.165) is 36.8 Å². The van der Waals surface area contributed by atoms with Crippen molar-refractivity contribution < 1.29 is 31.7 Å². The maximum absolute atomic E-state index is 12.7. The first-order chi connectivity index (χ1) is 17.3. The summed E-state index contributed by atoms with van der Waals surface area (Å²) >= 11 is 0. The molecule has 0 spiro atoms. The Kier molecular flexibility index (Phi) is 14.5. The first-order valence-corrected chi connectivity index (χ1v) is 15.7. The minimum Gasteiger partial charge on any atom is -0.374 e. The second-order valence-electron chi connectivity index (χ2n) is 8.71. The lowest BCUT2D eigenvalue weighted by atomic mass is 10.1. The van der Waals surface area contributed by atoms with E-state index < -0.39 is 23.9 Å². The first kappa shape index (κ1) is 30.6. The zero-order valence-electron chi connectivity index (χ0n) is 21.1. The van der Waals surface area contributed by atoms with Crippen LogP contribution in [0.4, 0.5) is 0 Å². The molecule has 2 rings (SSSR count). The van der Waals surface area contributed by atoms with Crippen LogP contribution in [0.3, 0.4) is 0 Å². The number of phosphoric acid groups is 1. The second-order valence-corrected chi connectivity index (χ2v) is 12.0. The lowest BCUT2D eigenvalue weighted by Gasteiger charge is -2.20. The molecule has 202 valence electrons. The number of hydrogen-bond donors (Lipinski definition) is 2. The van der Waals surface area contributed by atoms with Crippen molar-refractivity contribution in [2.45, 2.75) is 64.5 Å². The topological polar surface area (TPSA) is 111 Å². The van der Waals surface area contributed by atoms with Crippen LogP contribution in [0.25, 0.3) is 0 Å². The molecule has 0 aliphatic carbocycles. The van der Waals surface area contributed by atoms with Crippen molar-refractivity contribution in [1.29, 1.82) is 0 Å². The van der Waals surface area contributed by atoms with Crippen LogP contribution in [0.5, 0.6) is 0 Å². The molecule has 36 heavy (non-hydrogen) atoms. The van der Waals surface area contributed by atoms with Gasteiger partial charge in [-0.2, -0.15) is 0 Å². The largest absolute Gasteiger partial charge is 0.472 e. The number of rotatable bonds is 20. The summed E-state index contributed by atoms with van der Waals surface area (Å²) < 4.78 is 55.9. The molecule has 0 aliphatic heterocycles. The second kappa shape index (κ2) is 17.0. The van der Waals surface area contributed by atoms with Gasteiger partial charge in [-0.3, -0.25) is 9.05 Å². The minimum atomic E-state index is -4.34. The molecule has 0 bridgehead atoms. The van der Waals surface area contributed by atoms with Gasteiger partial charge in [0.05, 0.1) is 32.2 Å². The lowest BCUT2D eigenvalue weighted by molar-refractivity contribution is 0.0667. The van der Waals surface area contributed by atoms with Gasteiger partial charge < -0.3 is 9.63 Å². The normalized spacial score (nSPS) is 14.4. The smallest absolute Gasteiger partial charge is 0.374 e. The van der Waals surface area contributed by atoms with Crippen molar-refractivity contribution in [3.05, 3.63) is 71.8 Å². The van der Waals surface area contributed by atoms with Gasteiger partial charge in [0.25, 0.3) is 0 Å². The molecular weight excluding hydrogens is 501 g/mol. The van der Waals surface area contributed by atoms with Gasteiger partial charge in [0, 0.05) is 6.04 Å². The van der Waals surface area contributed by atoms with Crippen molar-refractivity contribution in [2.75, 3.05) is 25.6 Å². The molecule has 0 fully saturated rings. The van der Waals surface area contributed by atoms with Crippen LogP contribution in [0.2, 0.25) is 0 Å². The summed E-state index contributed by atoms with van der Waals surface area (Å²) in [5.41, 5.74) is 2.07. The highest BCUT2D eigenvalue weighted by molar-refractivity contribution is 7.89. The molecule has 2 atom stereocenters. The highest BCUT2D eigenvalue weighted by Gasteiger charge is 2.25. The summed E-state index contributed by atoms with van der Waals surface area (Å²) in [7, 11) is -7.92. The van der Waals surface area contributed by atoms with E-state index in [0.29, 0.717) is 25.9 Å². The highest BCUT2D eigenvalue weighted by Crippen LogP contribution is 2.43. The standard InChI is InChI=1S/C26H40NO7PS/c1-2-3-4-11-18-26(27-36(30,31)21-12-17-24-13-7-5-8-14-24)23-34-35(28,29)33-20-19-32-22-25-15-9-6-10-16-25/h5-10,13-16,26-27H,2-4,11-12,17-23H2,1H3,(H,28,29). The van der Waals surface area contributed by atoms with E-state index in [1.54, 1.807) is 0 Å². The fourth-order valence-electron chi connectivity index (χ4n) is 3.61. The summed E-state index contributed by atoms with van der Waals surface area (Å²) in [5, 5.41) is 0. The Hall–Kier alpha value is -1.58. The van der Waals surface area contributed by atoms with Gasteiger partial charge in [0.1, 0.15) is 0 Å². The third-order valence-corrected chi connectivity index (χ3v) is 8.01. The average Bonchev–Trinajstić information content (AvgIpc) is 2.86. The van der Waals surface area contributed by atoms with Gasteiger partial charge in [-0.25, -0.2) is 17.7 Å². The summed E-state index contributed by atoms with van der Waals surface area (Å²) in [5.74, 6) is -0.0284. The van der Waals surface area contributed by atoms with Gasteiger partial charge >= 0.3 is 7.82 Å². The summed E-state index contributed by atoms with van der Waals surface area (Å²) in [6.45, 7) is 2.22. The monoisotopic (exact) mass is 541 g/mol. The third-order valence-electron chi connectivity index (χ3n) is 5.51. The van der Waals surface area contributed by atoms with E-state index >= 15 is 0 Å². The predicted molar refractivity (Wildman–Crippen MR) is 142 cm³/mol. The Morgan fingerprint density at radius 2 is 1.56 bits per heavy atom. The number of nitrogens with one attached hydrogen (secondary N) is 1. The van der Waals surface area contributed by atoms with Crippen LogP contribution in [0.1, 0.15) is 56.6 Å². The number of phosphoric ester groups is 1. The average molecular weight is 542 g/mol. The van der Waals surface area contributed by atoms with E-state index in [1.807, 2.05) is 60.7 Å². The molecule has 8 nitrogen and oxygen atoms in total. The van der Waals surface area contributed by atoms with Crippen LogP contribution in [-0.2, 0) is 41.4 Å². The van der Waals surface area contributed by atoms with Gasteiger partial charge in [0.15, 0.2) is 0 Å². The number of aryl methyl sites for hydroxylation is 1. The molecule has 2 unspecified atom stereocenters. The van der Waals surface area contributed by atoms with Crippen LogP contribution < -0.4 is 4.72 Å². The maximum Gasteiger partial charge on any atom is 0.472 e. The van der Waals surface area contributed by atoms with Crippen molar-refractivity contribution in [2.24, 2.45) is 0 Å². The molecule has 0 aliphatic rings. The molecule has 10 heteroatoms. The van der Waals surface area contributed by atoms with Crippen LogP contribution in [-0.4, -0.2) is 44.9 Å². The van der Waals surface area contributed by atoms with E-state index in [-0.39, 0.29) is 25.6 Å². The third kappa shape index (κ3) is 14.2. The van der Waals surface area contributed by atoms with Crippen LogP contribution >= 0.6 is 7.82 Å². The Bertz CT molecular complexity index is 990. The fourth-order valence-corrected chi connectivity index (χ4v) is 5.70. The summed E-state index contributed by atoms with van der Waals surface area (Å²) in [6, 6.07) is 18.7. The number of unbranched alkanes of at least 4 members (excludes halogenated alkanes) is 3. The summed E-state index contributed by atoms with van der Waals surface area (Å²) in [4.78, 5) is 10.0. The Labute approximate surface area is 216 Å².